The Labute approximate surface area is 136 Å². The van der Waals surface area contributed by atoms with Gasteiger partial charge in [-0.25, -0.2) is 0 Å². The molecular formula is C20H34O2. The van der Waals surface area contributed by atoms with Crippen LogP contribution in [0, 0.1) is 16.7 Å². The highest BCUT2D eigenvalue weighted by atomic mass is 16.6. The first-order valence-corrected chi connectivity index (χ1v) is 9.67. The molecule has 0 saturated heterocycles. The van der Waals surface area contributed by atoms with Crippen molar-refractivity contribution < 1.29 is 9.53 Å². The number of hydrogen-bond donors (Lipinski definition) is 0. The van der Waals surface area contributed by atoms with Crippen LogP contribution in [0.5, 0.6) is 0 Å². The fourth-order valence-corrected chi connectivity index (χ4v) is 5.72. The lowest BCUT2D eigenvalue weighted by atomic mass is 9.54. The first-order valence-electron chi connectivity index (χ1n) is 9.67. The van der Waals surface area contributed by atoms with Gasteiger partial charge in [0, 0.05) is 5.41 Å². The first kappa shape index (κ1) is 16.3. The van der Waals surface area contributed by atoms with E-state index in [0.717, 1.165) is 12.8 Å². The summed E-state index contributed by atoms with van der Waals surface area (Å²) in [7, 11) is 0. The Morgan fingerprint density at radius 1 is 1.00 bits per heavy atom. The van der Waals surface area contributed by atoms with Crippen molar-refractivity contribution in [2.75, 3.05) is 0 Å². The van der Waals surface area contributed by atoms with E-state index in [1.807, 2.05) is 6.92 Å². The Morgan fingerprint density at radius 3 is 2.18 bits per heavy atom. The maximum absolute atomic E-state index is 12.5. The van der Waals surface area contributed by atoms with Crippen LogP contribution in [-0.2, 0) is 9.53 Å². The van der Waals surface area contributed by atoms with Crippen molar-refractivity contribution in [2.45, 2.75) is 103 Å². The summed E-state index contributed by atoms with van der Waals surface area (Å²) in [5, 5.41) is 0. The lowest BCUT2D eigenvalue weighted by Crippen LogP contribution is -2.54. The summed E-state index contributed by atoms with van der Waals surface area (Å²) in [6, 6.07) is 0. The Kier molecular flexibility index (Phi) is 4.33. The number of carbonyl (C=O) groups is 1. The van der Waals surface area contributed by atoms with Gasteiger partial charge in [0.1, 0.15) is 5.60 Å². The van der Waals surface area contributed by atoms with Gasteiger partial charge in [-0.3, -0.25) is 4.79 Å². The third kappa shape index (κ3) is 2.61. The van der Waals surface area contributed by atoms with Gasteiger partial charge in [0.25, 0.3) is 0 Å². The van der Waals surface area contributed by atoms with E-state index >= 15 is 0 Å². The second-order valence-electron chi connectivity index (χ2n) is 8.83. The Morgan fingerprint density at radius 2 is 1.59 bits per heavy atom. The fraction of sp³-hybridized carbons (Fsp3) is 0.950. The molecule has 126 valence electrons. The van der Waals surface area contributed by atoms with Gasteiger partial charge in [0.05, 0.1) is 5.92 Å². The van der Waals surface area contributed by atoms with Crippen LogP contribution < -0.4 is 0 Å². The summed E-state index contributed by atoms with van der Waals surface area (Å²) in [5.74, 6) is 0.0799. The summed E-state index contributed by atoms with van der Waals surface area (Å²) in [4.78, 5) is 12.5. The van der Waals surface area contributed by atoms with E-state index in [2.05, 4.69) is 13.8 Å². The molecule has 2 atom stereocenters. The van der Waals surface area contributed by atoms with Crippen LogP contribution >= 0.6 is 0 Å². The topological polar surface area (TPSA) is 26.3 Å². The molecule has 0 aromatic carbocycles. The molecule has 0 aromatic rings. The molecule has 2 heteroatoms. The molecule has 22 heavy (non-hydrogen) atoms. The van der Waals surface area contributed by atoms with E-state index in [4.69, 9.17) is 4.74 Å². The normalized spacial score (nSPS) is 34.1. The van der Waals surface area contributed by atoms with E-state index in [0.29, 0.717) is 5.41 Å². The van der Waals surface area contributed by atoms with Crippen molar-refractivity contribution in [1.29, 1.82) is 0 Å². The summed E-state index contributed by atoms with van der Waals surface area (Å²) in [6.07, 6.45) is 15.5. The number of ether oxygens (including phenoxy) is 1. The van der Waals surface area contributed by atoms with E-state index in [-0.39, 0.29) is 22.9 Å². The SMILES string of the molecule is CCC(C)C(=O)OC1(C)CCC2(CCCC2)CC12CCCC2. The molecule has 3 saturated carbocycles. The minimum absolute atomic E-state index is 0.0395. The van der Waals surface area contributed by atoms with Crippen molar-refractivity contribution in [1.82, 2.24) is 0 Å². The van der Waals surface area contributed by atoms with Crippen LogP contribution in [0.1, 0.15) is 97.8 Å². The molecule has 3 aliphatic rings. The molecule has 3 aliphatic carbocycles. The molecule has 2 unspecified atom stereocenters. The van der Waals surface area contributed by atoms with E-state index < -0.39 is 0 Å². The highest BCUT2D eigenvalue weighted by molar-refractivity contribution is 5.72. The lowest BCUT2D eigenvalue weighted by molar-refractivity contribution is -0.195. The van der Waals surface area contributed by atoms with Crippen LogP contribution in [0.4, 0.5) is 0 Å². The van der Waals surface area contributed by atoms with Crippen molar-refractivity contribution in [3.8, 4) is 0 Å². The summed E-state index contributed by atoms with van der Waals surface area (Å²) in [5.41, 5.74) is 0.656. The van der Waals surface area contributed by atoms with E-state index in [1.165, 1.54) is 64.2 Å². The van der Waals surface area contributed by atoms with Gasteiger partial charge in [0.2, 0.25) is 0 Å². The number of carbonyl (C=O) groups excluding carboxylic acids is 1. The zero-order valence-corrected chi connectivity index (χ0v) is 14.9. The lowest BCUT2D eigenvalue weighted by Gasteiger charge is -2.55. The molecule has 0 heterocycles. The van der Waals surface area contributed by atoms with Gasteiger partial charge >= 0.3 is 5.97 Å². The van der Waals surface area contributed by atoms with Crippen LogP contribution in [-0.4, -0.2) is 11.6 Å². The van der Waals surface area contributed by atoms with Gasteiger partial charge < -0.3 is 4.74 Å². The summed E-state index contributed by atoms with van der Waals surface area (Å²) >= 11 is 0. The van der Waals surface area contributed by atoms with Crippen molar-refractivity contribution in [2.24, 2.45) is 16.7 Å². The Balaban J connectivity index is 1.82. The highest BCUT2D eigenvalue weighted by Gasteiger charge is 2.59. The molecule has 0 N–H and O–H groups in total. The summed E-state index contributed by atoms with van der Waals surface area (Å²) < 4.78 is 6.23. The number of hydrogen-bond acceptors (Lipinski definition) is 2. The smallest absolute Gasteiger partial charge is 0.309 e. The third-order valence-electron chi connectivity index (χ3n) is 7.53. The maximum Gasteiger partial charge on any atom is 0.309 e. The van der Waals surface area contributed by atoms with Crippen LogP contribution in [0.3, 0.4) is 0 Å². The molecular weight excluding hydrogens is 272 g/mol. The van der Waals surface area contributed by atoms with E-state index in [1.54, 1.807) is 0 Å². The van der Waals surface area contributed by atoms with Crippen molar-refractivity contribution in [3.63, 3.8) is 0 Å². The predicted molar refractivity (Wildman–Crippen MR) is 89.6 cm³/mol. The molecule has 2 nitrogen and oxygen atoms in total. The second kappa shape index (κ2) is 5.83. The minimum Gasteiger partial charge on any atom is -0.459 e. The zero-order chi connectivity index (χ0) is 15.8. The van der Waals surface area contributed by atoms with Gasteiger partial charge in [-0.1, -0.05) is 39.5 Å². The zero-order valence-electron chi connectivity index (χ0n) is 14.9. The highest BCUT2D eigenvalue weighted by Crippen LogP contribution is 2.64. The third-order valence-corrected chi connectivity index (χ3v) is 7.53. The summed E-state index contributed by atoms with van der Waals surface area (Å²) in [6.45, 7) is 6.35. The van der Waals surface area contributed by atoms with Gasteiger partial charge in [0.15, 0.2) is 0 Å². The Bertz CT molecular complexity index is 415. The largest absolute Gasteiger partial charge is 0.459 e. The van der Waals surface area contributed by atoms with Crippen LogP contribution in [0.15, 0.2) is 0 Å². The number of esters is 1. The maximum atomic E-state index is 12.5. The van der Waals surface area contributed by atoms with Gasteiger partial charge in [-0.15, -0.1) is 0 Å². The Hall–Kier alpha value is -0.530. The van der Waals surface area contributed by atoms with Crippen molar-refractivity contribution >= 4 is 5.97 Å². The first-order chi connectivity index (χ1) is 10.4. The van der Waals surface area contributed by atoms with Gasteiger partial charge in [-0.2, -0.15) is 0 Å². The second-order valence-corrected chi connectivity index (χ2v) is 8.83. The van der Waals surface area contributed by atoms with Gasteiger partial charge in [-0.05, 0) is 63.7 Å². The molecule has 0 amide bonds. The van der Waals surface area contributed by atoms with Crippen LogP contribution in [0.2, 0.25) is 0 Å². The molecule has 0 aromatic heterocycles. The average molecular weight is 306 g/mol. The molecule has 0 radical (unpaired) electrons. The molecule has 0 aliphatic heterocycles. The predicted octanol–water partition coefficient (Wildman–Crippen LogP) is 5.64. The van der Waals surface area contributed by atoms with Crippen molar-refractivity contribution in [3.05, 3.63) is 0 Å². The quantitative estimate of drug-likeness (QED) is 0.631. The average Bonchev–Trinajstić information content (AvgIpc) is 3.14. The molecule has 0 bridgehead atoms. The number of rotatable bonds is 3. The molecule has 3 rings (SSSR count). The van der Waals surface area contributed by atoms with E-state index in [9.17, 15) is 4.79 Å². The molecule has 2 spiro atoms. The monoisotopic (exact) mass is 306 g/mol. The fourth-order valence-electron chi connectivity index (χ4n) is 5.72. The minimum atomic E-state index is -0.210. The standard InChI is InChI=1S/C20H34O2/c1-4-16(2)17(21)22-18(3)13-14-19(9-5-6-10-19)15-20(18)11-7-8-12-20/h16H,4-15H2,1-3H3. The van der Waals surface area contributed by atoms with Crippen LogP contribution in [0.25, 0.3) is 0 Å². The molecule has 3 fully saturated rings.